The Morgan fingerprint density at radius 2 is 1.71 bits per heavy atom. The van der Waals surface area contributed by atoms with Crippen LogP contribution in [0.1, 0.15) is 32.6 Å². The Kier molecular flexibility index (Phi) is 4.70. The van der Waals surface area contributed by atoms with Gasteiger partial charge in [0.05, 0.1) is 5.52 Å². The topological polar surface area (TPSA) is 45.2 Å². The number of hydrogen-bond donors (Lipinski definition) is 1. The first-order valence-corrected chi connectivity index (χ1v) is 10.6. The van der Waals surface area contributed by atoms with Crippen molar-refractivity contribution < 1.29 is 4.79 Å². The van der Waals surface area contributed by atoms with Gasteiger partial charge < -0.3 is 10.2 Å². The molecule has 0 radical (unpaired) electrons. The summed E-state index contributed by atoms with van der Waals surface area (Å²) in [6.45, 7) is 7.10. The smallest absolute Gasteiger partial charge is 0.255 e. The number of rotatable bonds is 3. The summed E-state index contributed by atoms with van der Waals surface area (Å²) in [5.74, 6) is 0.918. The fraction of sp³-hybridized carbons (Fsp3) is 0.185. The van der Waals surface area contributed by atoms with Crippen LogP contribution in [0.4, 0.5) is 17.2 Å². The van der Waals surface area contributed by atoms with Crippen LogP contribution in [0.2, 0.25) is 0 Å². The van der Waals surface area contributed by atoms with Gasteiger partial charge in [-0.25, -0.2) is 4.98 Å². The lowest BCUT2D eigenvalue weighted by Gasteiger charge is -2.19. The minimum Gasteiger partial charge on any atom is -0.326 e. The first-order chi connectivity index (χ1) is 15.0. The van der Waals surface area contributed by atoms with Crippen molar-refractivity contribution in [2.75, 3.05) is 16.8 Å². The average Bonchev–Trinajstić information content (AvgIpc) is 3.17. The number of amides is 1. The molecule has 0 unspecified atom stereocenters. The molecule has 1 N–H and O–H groups in total. The highest BCUT2D eigenvalue weighted by atomic mass is 16.1. The van der Waals surface area contributed by atoms with Crippen molar-refractivity contribution in [1.29, 1.82) is 0 Å². The van der Waals surface area contributed by atoms with Crippen molar-refractivity contribution in [2.24, 2.45) is 0 Å². The maximum absolute atomic E-state index is 12.7. The van der Waals surface area contributed by atoms with Crippen molar-refractivity contribution in [3.63, 3.8) is 0 Å². The van der Waals surface area contributed by atoms with E-state index in [2.05, 4.69) is 48.3 Å². The van der Waals surface area contributed by atoms with E-state index in [-0.39, 0.29) is 5.91 Å². The first-order valence-electron chi connectivity index (χ1n) is 10.6. The summed E-state index contributed by atoms with van der Waals surface area (Å²) in [4.78, 5) is 19.9. The number of nitrogens with zero attached hydrogens (tertiary/aromatic N) is 2. The number of carbonyl (C=O) groups is 1. The van der Waals surface area contributed by atoms with Gasteiger partial charge in [-0.15, -0.1) is 0 Å². The highest BCUT2D eigenvalue weighted by Crippen LogP contribution is 2.35. The minimum absolute atomic E-state index is 0.101. The Morgan fingerprint density at radius 3 is 2.48 bits per heavy atom. The highest BCUT2D eigenvalue weighted by Gasteiger charge is 2.23. The summed E-state index contributed by atoms with van der Waals surface area (Å²) in [7, 11) is 0. The average molecular weight is 408 g/mol. The maximum Gasteiger partial charge on any atom is 0.255 e. The van der Waals surface area contributed by atoms with Crippen molar-refractivity contribution >= 4 is 34.0 Å². The fourth-order valence-corrected chi connectivity index (χ4v) is 4.13. The number of benzene rings is 3. The molecule has 5 rings (SSSR count). The van der Waals surface area contributed by atoms with Gasteiger partial charge in [-0.3, -0.25) is 4.79 Å². The molecule has 4 nitrogen and oxygen atoms in total. The molecule has 0 aliphatic carbocycles. The van der Waals surface area contributed by atoms with Gasteiger partial charge >= 0.3 is 0 Å². The van der Waals surface area contributed by atoms with Crippen LogP contribution >= 0.6 is 0 Å². The quantitative estimate of drug-likeness (QED) is 0.446. The van der Waals surface area contributed by atoms with Gasteiger partial charge in [-0.1, -0.05) is 18.2 Å². The largest absolute Gasteiger partial charge is 0.326 e. The van der Waals surface area contributed by atoms with Gasteiger partial charge in [0.2, 0.25) is 0 Å². The van der Waals surface area contributed by atoms with Crippen molar-refractivity contribution in [2.45, 2.75) is 27.2 Å². The van der Waals surface area contributed by atoms with Crippen molar-refractivity contribution in [3.8, 4) is 0 Å². The molecule has 154 valence electrons. The number of nitrogens with one attached hydrogen (secondary N) is 1. The van der Waals surface area contributed by atoms with E-state index in [9.17, 15) is 4.79 Å². The van der Waals surface area contributed by atoms with E-state index >= 15 is 0 Å². The molecular weight excluding hydrogens is 382 g/mol. The summed E-state index contributed by atoms with van der Waals surface area (Å²) in [6, 6.07) is 22.4. The van der Waals surface area contributed by atoms with Gasteiger partial charge in [0.25, 0.3) is 5.91 Å². The lowest BCUT2D eigenvalue weighted by molar-refractivity contribution is 0.102. The van der Waals surface area contributed by atoms with Crippen LogP contribution in [0.5, 0.6) is 0 Å². The van der Waals surface area contributed by atoms with Crippen LogP contribution in [0.25, 0.3) is 10.9 Å². The third-order valence-electron chi connectivity index (χ3n) is 6.10. The molecule has 31 heavy (non-hydrogen) atoms. The monoisotopic (exact) mass is 407 g/mol. The molecular formula is C27H25N3O. The van der Waals surface area contributed by atoms with Crippen molar-refractivity contribution in [1.82, 2.24) is 4.98 Å². The zero-order valence-electron chi connectivity index (χ0n) is 18.1. The van der Waals surface area contributed by atoms with Crippen LogP contribution in [0.3, 0.4) is 0 Å². The number of anilines is 3. The number of pyridine rings is 1. The van der Waals surface area contributed by atoms with E-state index in [0.29, 0.717) is 5.56 Å². The molecule has 0 atom stereocenters. The predicted octanol–water partition coefficient (Wildman–Crippen LogP) is 6.11. The second-order valence-corrected chi connectivity index (χ2v) is 8.37. The van der Waals surface area contributed by atoms with Crippen LogP contribution in [-0.2, 0) is 6.42 Å². The Labute approximate surface area is 182 Å². The van der Waals surface area contributed by atoms with Crippen LogP contribution in [-0.4, -0.2) is 17.4 Å². The minimum atomic E-state index is -0.101. The Bertz CT molecular complexity index is 1310. The molecule has 1 amide bonds. The molecule has 4 aromatic rings. The van der Waals surface area contributed by atoms with E-state index in [1.165, 1.54) is 22.1 Å². The molecule has 3 aromatic carbocycles. The van der Waals surface area contributed by atoms with Crippen LogP contribution < -0.4 is 10.2 Å². The van der Waals surface area contributed by atoms with Crippen molar-refractivity contribution in [3.05, 3.63) is 94.5 Å². The van der Waals surface area contributed by atoms with E-state index in [1.54, 1.807) is 0 Å². The summed E-state index contributed by atoms with van der Waals surface area (Å²) in [5, 5.41) is 4.18. The third kappa shape index (κ3) is 3.66. The molecule has 0 saturated carbocycles. The molecule has 0 fully saturated rings. The third-order valence-corrected chi connectivity index (χ3v) is 6.10. The Morgan fingerprint density at radius 1 is 0.903 bits per heavy atom. The number of carbonyl (C=O) groups excluding carboxylic acids is 1. The van der Waals surface area contributed by atoms with E-state index in [0.717, 1.165) is 41.2 Å². The lowest BCUT2D eigenvalue weighted by atomic mass is 10.1. The maximum atomic E-state index is 12.7. The molecule has 1 aliphatic heterocycles. The molecule has 4 heteroatoms. The SMILES string of the molecule is Cc1ccc2cc3c(nc2c1)N(c1ccc(C(=O)Nc2ccc(C)c(C)c2)cc1)CC3. The second-order valence-electron chi connectivity index (χ2n) is 8.37. The summed E-state index contributed by atoms with van der Waals surface area (Å²) >= 11 is 0. The molecule has 0 saturated heterocycles. The summed E-state index contributed by atoms with van der Waals surface area (Å²) in [5.41, 5.74) is 8.40. The molecule has 2 heterocycles. The fourth-order valence-electron chi connectivity index (χ4n) is 4.13. The molecule has 1 aromatic heterocycles. The number of aromatic nitrogens is 1. The summed E-state index contributed by atoms with van der Waals surface area (Å²) in [6.07, 6.45) is 0.973. The van der Waals surface area contributed by atoms with E-state index in [1.807, 2.05) is 49.4 Å². The highest BCUT2D eigenvalue weighted by molar-refractivity contribution is 6.04. The standard InChI is InChI=1S/C27H25N3O/c1-17-4-6-21-16-22-12-13-30(26(22)29-25(21)14-17)24-10-7-20(8-11-24)27(31)28-23-9-5-18(2)19(3)15-23/h4-11,14-16H,12-13H2,1-3H3,(H,28,31). The first kappa shape index (κ1) is 19.3. The van der Waals surface area contributed by atoms with Gasteiger partial charge in [0.15, 0.2) is 0 Å². The van der Waals surface area contributed by atoms with Gasteiger partial charge in [0, 0.05) is 28.9 Å². The Balaban J connectivity index is 1.38. The summed E-state index contributed by atoms with van der Waals surface area (Å²) < 4.78 is 0. The van der Waals surface area contributed by atoms with Crippen LogP contribution in [0, 0.1) is 20.8 Å². The van der Waals surface area contributed by atoms with Gasteiger partial charge in [-0.2, -0.15) is 0 Å². The van der Waals surface area contributed by atoms with Gasteiger partial charge in [0.1, 0.15) is 5.82 Å². The van der Waals surface area contributed by atoms with E-state index in [4.69, 9.17) is 4.98 Å². The zero-order chi connectivity index (χ0) is 21.5. The second kappa shape index (κ2) is 7.55. The number of aryl methyl sites for hydroxylation is 3. The lowest BCUT2D eigenvalue weighted by Crippen LogP contribution is -2.15. The predicted molar refractivity (Wildman–Crippen MR) is 128 cm³/mol. The van der Waals surface area contributed by atoms with Crippen LogP contribution in [0.15, 0.2) is 66.7 Å². The van der Waals surface area contributed by atoms with Gasteiger partial charge in [-0.05, 0) is 98.0 Å². The molecule has 0 bridgehead atoms. The zero-order valence-corrected chi connectivity index (χ0v) is 18.1. The van der Waals surface area contributed by atoms with E-state index < -0.39 is 0 Å². The number of hydrogen-bond acceptors (Lipinski definition) is 3. The normalized spacial score (nSPS) is 12.8. The molecule has 1 aliphatic rings. The molecule has 0 spiro atoms. The number of fused-ring (bicyclic) bond motifs is 2. The Hall–Kier alpha value is -3.66.